The molecule has 0 bridgehead atoms. The number of carbonyl (C=O) groups is 2. The Hall–Kier alpha value is -2.03. The molecule has 0 saturated carbocycles. The van der Waals surface area contributed by atoms with Crippen LogP contribution in [0.3, 0.4) is 0 Å². The molecule has 10 heteroatoms. The first-order valence-electron chi connectivity index (χ1n) is 28.8. The number of ether oxygens (including phenoxy) is 2. The number of carbonyl (C=O) groups excluding carboxylic acids is 2. The minimum atomic E-state index is -4.64. The van der Waals surface area contributed by atoms with Crippen LogP contribution in [-0.2, 0) is 32.7 Å². The number of unbranched alkanes of at least 4 members (excludes halogenated alkanes) is 31. The maximum Gasteiger partial charge on any atom is 0.306 e. The molecule has 0 aliphatic carbocycles. The van der Waals surface area contributed by atoms with Gasteiger partial charge in [-0.25, -0.2) is 0 Å². The number of esters is 2. The van der Waals surface area contributed by atoms with Crippen molar-refractivity contribution in [3.8, 4) is 0 Å². The van der Waals surface area contributed by atoms with Gasteiger partial charge in [0, 0.05) is 12.8 Å². The fourth-order valence-corrected chi connectivity index (χ4v) is 8.91. The van der Waals surface area contributed by atoms with Crippen molar-refractivity contribution in [2.45, 2.75) is 270 Å². The van der Waals surface area contributed by atoms with Gasteiger partial charge in [0.05, 0.1) is 27.7 Å². The number of nitrogens with zero attached hydrogens (tertiary/aromatic N) is 1. The minimum Gasteiger partial charge on any atom is -0.756 e. The van der Waals surface area contributed by atoms with Crippen molar-refractivity contribution in [1.82, 2.24) is 0 Å². The number of hydrogen-bond donors (Lipinski definition) is 0. The fraction of sp³-hybridized carbons (Fsp3) is 0.831. The van der Waals surface area contributed by atoms with Crippen molar-refractivity contribution in [2.75, 3.05) is 47.5 Å². The van der Waals surface area contributed by atoms with E-state index in [1.165, 1.54) is 173 Å². The normalized spacial score (nSPS) is 13.7. The Kier molecular flexibility index (Phi) is 49.4. The molecule has 0 radical (unpaired) electrons. The van der Waals surface area contributed by atoms with Crippen LogP contribution in [0, 0.1) is 0 Å². The topological polar surface area (TPSA) is 111 Å². The van der Waals surface area contributed by atoms with Crippen LogP contribution < -0.4 is 4.89 Å². The van der Waals surface area contributed by atoms with E-state index in [4.69, 9.17) is 18.5 Å². The lowest BCUT2D eigenvalue weighted by atomic mass is 10.0. The minimum absolute atomic E-state index is 0.0390. The zero-order chi connectivity index (χ0) is 50.6. The van der Waals surface area contributed by atoms with E-state index in [9.17, 15) is 19.0 Å². The number of phosphoric ester groups is 1. The third kappa shape index (κ3) is 55.1. The van der Waals surface area contributed by atoms with Crippen LogP contribution in [0.2, 0.25) is 0 Å². The first kappa shape index (κ1) is 67.0. The highest BCUT2D eigenvalue weighted by molar-refractivity contribution is 7.45. The second-order valence-electron chi connectivity index (χ2n) is 20.6. The Morgan fingerprint density at radius 1 is 0.464 bits per heavy atom. The molecule has 0 aromatic rings. The standard InChI is InChI=1S/C59H110NO8P/c1-6-8-10-12-14-16-18-20-22-23-24-25-26-27-28-29-30-31-32-33-34-35-36-38-39-41-43-45-47-49-51-58(61)65-55-57(56-67-69(63,64)66-54-53-60(3,4)5)68-59(62)52-50-48-46-44-42-40-37-21-19-17-15-13-11-9-7-2/h9,11,15,17,21,37,42,44,57H,6-8,10,12-14,16,18-20,22-36,38-41,43,45-56H2,1-5H3/b11-9-,17-15-,37-21-,44-42-. The molecule has 0 saturated heterocycles. The lowest BCUT2D eigenvalue weighted by molar-refractivity contribution is -0.870. The third-order valence-corrected chi connectivity index (χ3v) is 13.6. The second kappa shape index (κ2) is 50.9. The number of likely N-dealkylation sites (N-methyl/N-ethyl adjacent to an activating group) is 1. The summed E-state index contributed by atoms with van der Waals surface area (Å²) in [6, 6.07) is 0. The largest absolute Gasteiger partial charge is 0.756 e. The smallest absolute Gasteiger partial charge is 0.306 e. The van der Waals surface area contributed by atoms with Crippen LogP contribution in [0.4, 0.5) is 0 Å². The Labute approximate surface area is 426 Å². The van der Waals surface area contributed by atoms with Crippen molar-refractivity contribution in [1.29, 1.82) is 0 Å². The number of allylic oxidation sites excluding steroid dienone is 8. The molecule has 0 aromatic heterocycles. The van der Waals surface area contributed by atoms with E-state index < -0.39 is 32.5 Å². The summed E-state index contributed by atoms with van der Waals surface area (Å²) in [5.74, 6) is -0.874. The van der Waals surface area contributed by atoms with Gasteiger partial charge in [0.25, 0.3) is 7.82 Å². The van der Waals surface area contributed by atoms with Crippen molar-refractivity contribution in [2.24, 2.45) is 0 Å². The number of rotatable bonds is 53. The molecule has 0 rings (SSSR count). The van der Waals surface area contributed by atoms with Crippen molar-refractivity contribution in [3.63, 3.8) is 0 Å². The molecule has 9 nitrogen and oxygen atoms in total. The second-order valence-corrected chi connectivity index (χ2v) is 22.0. The van der Waals surface area contributed by atoms with Gasteiger partial charge < -0.3 is 27.9 Å². The molecule has 0 N–H and O–H groups in total. The molecule has 69 heavy (non-hydrogen) atoms. The molecule has 0 heterocycles. The van der Waals surface area contributed by atoms with Crippen LogP contribution in [0.25, 0.3) is 0 Å². The van der Waals surface area contributed by atoms with Crippen molar-refractivity contribution in [3.05, 3.63) is 48.6 Å². The lowest BCUT2D eigenvalue weighted by Gasteiger charge is -2.28. The Bertz CT molecular complexity index is 1310. The van der Waals surface area contributed by atoms with Gasteiger partial charge in [-0.2, -0.15) is 0 Å². The van der Waals surface area contributed by atoms with Crippen LogP contribution >= 0.6 is 7.82 Å². The molecule has 0 amide bonds. The highest BCUT2D eigenvalue weighted by atomic mass is 31.2. The third-order valence-electron chi connectivity index (χ3n) is 12.6. The summed E-state index contributed by atoms with van der Waals surface area (Å²) in [6.45, 7) is 4.10. The quantitative estimate of drug-likeness (QED) is 0.0195. The van der Waals surface area contributed by atoms with Gasteiger partial charge in [-0.3, -0.25) is 14.2 Å². The average Bonchev–Trinajstić information content (AvgIpc) is 3.31. The average molecular weight is 993 g/mol. The molecule has 0 aromatic carbocycles. The summed E-state index contributed by atoms with van der Waals surface area (Å²) >= 11 is 0. The molecule has 2 unspecified atom stereocenters. The highest BCUT2D eigenvalue weighted by Gasteiger charge is 2.21. The van der Waals surface area contributed by atoms with Crippen LogP contribution in [0.15, 0.2) is 48.6 Å². The van der Waals surface area contributed by atoms with Gasteiger partial charge in [0.2, 0.25) is 0 Å². The van der Waals surface area contributed by atoms with E-state index in [1.54, 1.807) is 0 Å². The summed E-state index contributed by atoms with van der Waals surface area (Å²) in [7, 11) is 1.14. The van der Waals surface area contributed by atoms with E-state index in [0.29, 0.717) is 17.4 Å². The summed E-state index contributed by atoms with van der Waals surface area (Å²) in [4.78, 5) is 37.7. The Balaban J connectivity index is 4.05. The summed E-state index contributed by atoms with van der Waals surface area (Å²) in [5, 5.41) is 0. The molecule has 0 fully saturated rings. The SMILES string of the molecule is CC/C=C\C/C=C\C/C=C\C/C=C\CCCCC(=O)OC(COC(=O)CCCCCCCCCCCCCCCCCCCCCCCCCCCCCCCC)COP(=O)([O-])OCC[N+](C)(C)C. The molecular formula is C59H110NO8P. The number of hydrogen-bond acceptors (Lipinski definition) is 8. The highest BCUT2D eigenvalue weighted by Crippen LogP contribution is 2.38. The summed E-state index contributed by atoms with van der Waals surface area (Å²) < 4.78 is 34.0. The van der Waals surface area contributed by atoms with Gasteiger partial charge in [-0.15, -0.1) is 0 Å². The molecule has 404 valence electrons. The zero-order valence-corrected chi connectivity index (χ0v) is 46.7. The van der Waals surface area contributed by atoms with Crippen LogP contribution in [0.5, 0.6) is 0 Å². The fourth-order valence-electron chi connectivity index (χ4n) is 8.18. The zero-order valence-electron chi connectivity index (χ0n) is 45.8. The van der Waals surface area contributed by atoms with E-state index in [1.807, 2.05) is 21.1 Å². The van der Waals surface area contributed by atoms with Crippen molar-refractivity contribution >= 4 is 19.8 Å². The van der Waals surface area contributed by atoms with Crippen LogP contribution in [0.1, 0.15) is 264 Å². The Morgan fingerprint density at radius 2 is 0.826 bits per heavy atom. The van der Waals surface area contributed by atoms with E-state index in [-0.39, 0.29) is 26.1 Å². The predicted molar refractivity (Wildman–Crippen MR) is 291 cm³/mol. The molecule has 0 aliphatic heterocycles. The lowest BCUT2D eigenvalue weighted by Crippen LogP contribution is -2.37. The predicted octanol–water partition coefficient (Wildman–Crippen LogP) is 17.1. The van der Waals surface area contributed by atoms with E-state index in [2.05, 4.69) is 62.5 Å². The van der Waals surface area contributed by atoms with Crippen LogP contribution in [-0.4, -0.2) is 70.0 Å². The monoisotopic (exact) mass is 992 g/mol. The number of phosphoric acid groups is 1. The van der Waals surface area contributed by atoms with Gasteiger partial charge in [-0.05, 0) is 51.4 Å². The van der Waals surface area contributed by atoms with Gasteiger partial charge in [-0.1, -0.05) is 249 Å². The Morgan fingerprint density at radius 3 is 1.23 bits per heavy atom. The summed E-state index contributed by atoms with van der Waals surface area (Å²) in [5.41, 5.74) is 0. The van der Waals surface area contributed by atoms with E-state index >= 15 is 0 Å². The molecular weight excluding hydrogens is 882 g/mol. The molecule has 2 atom stereocenters. The maximum absolute atomic E-state index is 12.7. The maximum atomic E-state index is 12.7. The molecule has 0 spiro atoms. The summed E-state index contributed by atoms with van der Waals surface area (Å²) in [6.07, 6.45) is 63.3. The first-order chi connectivity index (χ1) is 33.5. The first-order valence-corrected chi connectivity index (χ1v) is 30.3. The number of quaternary nitrogens is 1. The van der Waals surface area contributed by atoms with Gasteiger partial charge in [0.1, 0.15) is 19.8 Å². The van der Waals surface area contributed by atoms with E-state index in [0.717, 1.165) is 57.8 Å². The molecule has 0 aliphatic rings. The van der Waals surface area contributed by atoms with Gasteiger partial charge >= 0.3 is 11.9 Å². The van der Waals surface area contributed by atoms with Gasteiger partial charge in [0.15, 0.2) is 6.10 Å². The van der Waals surface area contributed by atoms with Crippen molar-refractivity contribution < 1.29 is 42.1 Å².